The Morgan fingerprint density at radius 2 is 1.83 bits per heavy atom. The van der Waals surface area contributed by atoms with E-state index in [0.29, 0.717) is 18.3 Å². The van der Waals surface area contributed by atoms with Crippen LogP contribution in [-0.2, 0) is 4.79 Å². The molecule has 0 bridgehead atoms. The van der Waals surface area contributed by atoms with Crippen LogP contribution in [0.2, 0.25) is 0 Å². The zero-order valence-corrected chi connectivity index (χ0v) is 16.7. The third-order valence-corrected chi connectivity index (χ3v) is 5.78. The number of amides is 1. The Labute approximate surface area is 175 Å². The molecule has 4 heterocycles. The lowest BCUT2D eigenvalue weighted by Gasteiger charge is -2.40. The van der Waals surface area contributed by atoms with Crippen LogP contribution in [0.3, 0.4) is 0 Å². The molecule has 0 N–H and O–H groups in total. The van der Waals surface area contributed by atoms with E-state index < -0.39 is 0 Å². The van der Waals surface area contributed by atoms with Crippen molar-refractivity contribution in [1.82, 2.24) is 24.9 Å². The summed E-state index contributed by atoms with van der Waals surface area (Å²) in [6, 6.07) is 14.1. The highest BCUT2D eigenvalue weighted by molar-refractivity contribution is 5.78. The number of para-hydroxylation sites is 1. The van der Waals surface area contributed by atoms with Gasteiger partial charge in [-0.25, -0.2) is 0 Å². The van der Waals surface area contributed by atoms with E-state index in [9.17, 15) is 4.79 Å². The van der Waals surface area contributed by atoms with Crippen molar-refractivity contribution in [3.05, 3.63) is 60.7 Å². The maximum atomic E-state index is 12.7. The van der Waals surface area contributed by atoms with Gasteiger partial charge >= 0.3 is 0 Å². The number of hydrogen-bond acceptors (Lipinski definition) is 7. The van der Waals surface area contributed by atoms with Crippen LogP contribution in [0, 0.1) is 0 Å². The summed E-state index contributed by atoms with van der Waals surface area (Å²) in [4.78, 5) is 27.7. The molecule has 2 saturated heterocycles. The first-order chi connectivity index (χ1) is 14.8. The maximum absolute atomic E-state index is 12.7. The van der Waals surface area contributed by atoms with Crippen LogP contribution in [0.25, 0.3) is 11.4 Å². The molecule has 2 aliphatic heterocycles. The second-order valence-corrected chi connectivity index (χ2v) is 7.79. The fourth-order valence-corrected chi connectivity index (χ4v) is 4.01. The van der Waals surface area contributed by atoms with Gasteiger partial charge in [-0.2, -0.15) is 4.98 Å². The summed E-state index contributed by atoms with van der Waals surface area (Å²) in [5.41, 5.74) is 2.06. The summed E-state index contributed by atoms with van der Waals surface area (Å²) in [7, 11) is 0. The first kappa shape index (κ1) is 18.7. The molecule has 0 radical (unpaired) electrons. The summed E-state index contributed by atoms with van der Waals surface area (Å²) in [5, 5.41) is 4.06. The Morgan fingerprint density at radius 1 is 1.03 bits per heavy atom. The molecule has 1 amide bonds. The number of rotatable bonds is 5. The van der Waals surface area contributed by atoms with E-state index >= 15 is 0 Å². The molecule has 2 fully saturated rings. The minimum absolute atomic E-state index is 0.186. The zero-order chi connectivity index (χ0) is 20.3. The van der Waals surface area contributed by atoms with Crippen LogP contribution in [0.1, 0.15) is 11.8 Å². The Bertz CT molecular complexity index is 979. The average molecular weight is 404 g/mol. The molecule has 30 heavy (non-hydrogen) atoms. The number of anilines is 1. The number of carbonyl (C=O) groups is 1. The van der Waals surface area contributed by atoms with E-state index in [1.54, 1.807) is 12.4 Å². The highest BCUT2D eigenvalue weighted by Gasteiger charge is 2.35. The van der Waals surface area contributed by atoms with Gasteiger partial charge in [0.2, 0.25) is 17.6 Å². The second kappa shape index (κ2) is 8.23. The lowest BCUT2D eigenvalue weighted by atomic mass is 10.00. The molecule has 3 aromatic rings. The first-order valence-corrected chi connectivity index (χ1v) is 10.3. The van der Waals surface area contributed by atoms with Crippen molar-refractivity contribution in [1.29, 1.82) is 0 Å². The van der Waals surface area contributed by atoms with Crippen molar-refractivity contribution in [2.75, 3.05) is 50.7 Å². The number of likely N-dealkylation sites (tertiary alicyclic amines) is 1. The smallest absolute Gasteiger partial charge is 0.236 e. The largest absolute Gasteiger partial charge is 0.368 e. The first-order valence-electron chi connectivity index (χ1n) is 10.3. The van der Waals surface area contributed by atoms with Crippen molar-refractivity contribution < 1.29 is 9.32 Å². The van der Waals surface area contributed by atoms with Gasteiger partial charge in [-0.3, -0.25) is 14.7 Å². The van der Waals surface area contributed by atoms with Crippen molar-refractivity contribution in [3.8, 4) is 11.4 Å². The van der Waals surface area contributed by atoms with Gasteiger partial charge in [-0.15, -0.1) is 0 Å². The number of carbonyl (C=O) groups excluding carboxylic acids is 1. The topological polar surface area (TPSA) is 78.6 Å². The number of nitrogens with zero attached hydrogens (tertiary/aromatic N) is 6. The summed E-state index contributed by atoms with van der Waals surface area (Å²) in [5.74, 6) is 1.58. The van der Waals surface area contributed by atoms with E-state index in [0.717, 1.165) is 44.8 Å². The molecule has 0 saturated carbocycles. The fraction of sp³-hybridized carbons (Fsp3) is 0.364. The molecule has 5 rings (SSSR count). The van der Waals surface area contributed by atoms with Gasteiger partial charge in [0.25, 0.3) is 0 Å². The molecule has 0 atom stereocenters. The number of aromatic nitrogens is 3. The van der Waals surface area contributed by atoms with Gasteiger partial charge in [-0.1, -0.05) is 23.4 Å². The lowest BCUT2D eigenvalue weighted by Crippen LogP contribution is -2.54. The van der Waals surface area contributed by atoms with Gasteiger partial charge in [0, 0.05) is 62.9 Å². The summed E-state index contributed by atoms with van der Waals surface area (Å²) in [6.07, 6.45) is 3.44. The standard InChI is InChI=1S/C22H24N6O2/c29-20(28-11-9-27(10-12-28)19-6-2-1-3-7-19)16-26-14-18(15-26)22-24-21(25-30-22)17-5-4-8-23-13-17/h1-8,13,18H,9-12,14-16H2. The fourth-order valence-electron chi connectivity index (χ4n) is 4.01. The molecule has 2 aromatic heterocycles. The van der Waals surface area contributed by atoms with Crippen LogP contribution in [0.15, 0.2) is 59.4 Å². The summed E-state index contributed by atoms with van der Waals surface area (Å²) < 4.78 is 5.43. The predicted molar refractivity (Wildman–Crippen MR) is 112 cm³/mol. The Balaban J connectivity index is 1.09. The SMILES string of the molecule is O=C(CN1CC(c2nc(-c3cccnc3)no2)C1)N1CCN(c2ccccc2)CC1. The number of pyridine rings is 1. The molecule has 1 aromatic carbocycles. The number of hydrogen-bond donors (Lipinski definition) is 0. The van der Waals surface area contributed by atoms with E-state index in [4.69, 9.17) is 4.52 Å². The van der Waals surface area contributed by atoms with Crippen LogP contribution in [-0.4, -0.2) is 76.6 Å². The van der Waals surface area contributed by atoms with Gasteiger partial charge in [-0.05, 0) is 24.3 Å². The van der Waals surface area contributed by atoms with Crippen molar-refractivity contribution >= 4 is 11.6 Å². The lowest BCUT2D eigenvalue weighted by molar-refractivity contribution is -0.134. The molecule has 2 aliphatic rings. The molecular formula is C22H24N6O2. The van der Waals surface area contributed by atoms with Crippen molar-refractivity contribution in [2.45, 2.75) is 5.92 Å². The summed E-state index contributed by atoms with van der Waals surface area (Å²) in [6.45, 7) is 5.27. The second-order valence-electron chi connectivity index (χ2n) is 7.79. The number of benzene rings is 1. The third kappa shape index (κ3) is 3.91. The third-order valence-electron chi connectivity index (χ3n) is 5.78. The zero-order valence-electron chi connectivity index (χ0n) is 16.7. The minimum atomic E-state index is 0.186. The highest BCUT2D eigenvalue weighted by atomic mass is 16.5. The summed E-state index contributed by atoms with van der Waals surface area (Å²) >= 11 is 0. The van der Waals surface area contributed by atoms with Gasteiger partial charge < -0.3 is 14.3 Å². The van der Waals surface area contributed by atoms with E-state index in [1.807, 2.05) is 23.1 Å². The van der Waals surface area contributed by atoms with Gasteiger partial charge in [0.1, 0.15) is 0 Å². The van der Waals surface area contributed by atoms with Gasteiger partial charge in [0.05, 0.1) is 12.5 Å². The molecular weight excluding hydrogens is 380 g/mol. The highest BCUT2D eigenvalue weighted by Crippen LogP contribution is 2.27. The molecule has 154 valence electrons. The van der Waals surface area contributed by atoms with Crippen molar-refractivity contribution in [2.24, 2.45) is 0 Å². The molecule has 8 heteroatoms. The molecule has 0 spiro atoms. The predicted octanol–water partition coefficient (Wildman–Crippen LogP) is 1.88. The quantitative estimate of drug-likeness (QED) is 0.642. The van der Waals surface area contributed by atoms with Crippen LogP contribution in [0.4, 0.5) is 5.69 Å². The van der Waals surface area contributed by atoms with Gasteiger partial charge in [0.15, 0.2) is 0 Å². The molecule has 0 unspecified atom stereocenters. The molecule has 8 nitrogen and oxygen atoms in total. The molecule has 0 aliphatic carbocycles. The van der Waals surface area contributed by atoms with E-state index in [1.165, 1.54) is 5.69 Å². The van der Waals surface area contributed by atoms with Crippen LogP contribution < -0.4 is 4.90 Å². The number of piperazine rings is 1. The normalized spacial score (nSPS) is 17.7. The monoisotopic (exact) mass is 404 g/mol. The van der Waals surface area contributed by atoms with E-state index in [-0.39, 0.29) is 11.8 Å². The van der Waals surface area contributed by atoms with Crippen LogP contribution >= 0.6 is 0 Å². The average Bonchev–Trinajstić information content (AvgIpc) is 3.27. The van der Waals surface area contributed by atoms with E-state index in [2.05, 4.69) is 49.2 Å². The Hall–Kier alpha value is -3.26. The van der Waals surface area contributed by atoms with Crippen molar-refractivity contribution in [3.63, 3.8) is 0 Å². The maximum Gasteiger partial charge on any atom is 0.236 e. The van der Waals surface area contributed by atoms with Crippen LogP contribution in [0.5, 0.6) is 0 Å². The minimum Gasteiger partial charge on any atom is -0.368 e. The Kier molecular flexibility index (Phi) is 5.15. The Morgan fingerprint density at radius 3 is 2.57 bits per heavy atom.